The van der Waals surface area contributed by atoms with Gasteiger partial charge in [-0.3, -0.25) is 24.0 Å². The van der Waals surface area contributed by atoms with Crippen LogP contribution in [0.15, 0.2) is 24.3 Å². The monoisotopic (exact) mass is 603 g/mol. The zero-order valence-electron chi connectivity index (χ0n) is 21.5. The second-order valence-corrected chi connectivity index (χ2v) is 9.30. The Kier molecular flexibility index (Phi) is 10.1. The first-order valence-electron chi connectivity index (χ1n) is 12.3. The van der Waals surface area contributed by atoms with Crippen LogP contribution in [0.3, 0.4) is 0 Å². The third-order valence-electron chi connectivity index (χ3n) is 6.42. The molecule has 1 aliphatic carbocycles. The second-order valence-electron chi connectivity index (χ2n) is 9.30. The molecule has 1 atom stereocenters. The van der Waals surface area contributed by atoms with Gasteiger partial charge in [0.05, 0.1) is 6.04 Å². The Hall–Kier alpha value is -4.63. The van der Waals surface area contributed by atoms with E-state index in [2.05, 4.69) is 15.4 Å². The van der Waals surface area contributed by atoms with Gasteiger partial charge in [0.2, 0.25) is 17.5 Å². The summed E-state index contributed by atoms with van der Waals surface area (Å²) < 4.78 is 87.1. The number of ketones is 1. The minimum absolute atomic E-state index is 0.0543. The summed E-state index contributed by atoms with van der Waals surface area (Å²) in [5, 5.41) is 15.2. The fourth-order valence-electron chi connectivity index (χ4n) is 4.25. The molecule has 2 aromatic carbocycles. The average Bonchev–Trinajstić information content (AvgIpc) is 3.41. The molecule has 42 heavy (non-hydrogen) atoms. The van der Waals surface area contributed by atoms with Crippen LogP contribution < -0.4 is 20.7 Å². The van der Waals surface area contributed by atoms with Gasteiger partial charge in [-0.25, -0.2) is 17.6 Å². The molecule has 1 unspecified atom stereocenters. The minimum Gasteiger partial charge on any atom is -0.481 e. The zero-order chi connectivity index (χ0) is 31.2. The Bertz CT molecular complexity index is 1370. The van der Waals surface area contributed by atoms with Crippen molar-refractivity contribution in [3.05, 3.63) is 59.2 Å². The van der Waals surface area contributed by atoms with E-state index in [1.807, 2.05) is 0 Å². The van der Waals surface area contributed by atoms with Crippen LogP contribution in [0.4, 0.5) is 32.0 Å². The number of carboxylic acid groups (broad SMARTS) is 1. The van der Waals surface area contributed by atoms with Gasteiger partial charge in [-0.2, -0.15) is 8.78 Å². The number of para-hydroxylation sites is 1. The van der Waals surface area contributed by atoms with Gasteiger partial charge >= 0.3 is 17.8 Å². The molecule has 0 heterocycles. The van der Waals surface area contributed by atoms with E-state index in [4.69, 9.17) is 5.11 Å². The van der Waals surface area contributed by atoms with Crippen LogP contribution in [-0.4, -0.2) is 52.8 Å². The summed E-state index contributed by atoms with van der Waals surface area (Å²) in [6.07, 6.45) is -0.648. The Balaban J connectivity index is 1.75. The van der Waals surface area contributed by atoms with Gasteiger partial charge < -0.3 is 25.8 Å². The van der Waals surface area contributed by atoms with E-state index >= 15 is 0 Å². The summed E-state index contributed by atoms with van der Waals surface area (Å²) in [7, 11) is 0. The highest BCUT2D eigenvalue weighted by Crippen LogP contribution is 2.31. The van der Waals surface area contributed by atoms with Crippen molar-refractivity contribution < 1.29 is 60.2 Å². The Labute approximate surface area is 233 Å². The van der Waals surface area contributed by atoms with Crippen molar-refractivity contribution >= 4 is 35.2 Å². The van der Waals surface area contributed by atoms with E-state index < -0.39 is 107 Å². The Morgan fingerprint density at radius 1 is 0.881 bits per heavy atom. The molecule has 0 aliphatic heterocycles. The highest BCUT2D eigenvalue weighted by Gasteiger charge is 2.45. The maximum Gasteiger partial charge on any atom is 0.313 e. The van der Waals surface area contributed by atoms with Crippen LogP contribution >= 0.6 is 0 Å². The number of rotatable bonds is 11. The van der Waals surface area contributed by atoms with Crippen molar-refractivity contribution in [3.8, 4) is 5.75 Å². The molecule has 226 valence electrons. The summed E-state index contributed by atoms with van der Waals surface area (Å²) >= 11 is 0. The second kappa shape index (κ2) is 13.4. The fraction of sp³-hybridized carbons (Fsp3) is 0.346. The van der Waals surface area contributed by atoms with Crippen LogP contribution in [0.1, 0.15) is 38.5 Å². The molecule has 1 aliphatic rings. The lowest BCUT2D eigenvalue weighted by molar-refractivity contribution is -0.141. The molecule has 0 radical (unpaired) electrons. The lowest BCUT2D eigenvalue weighted by Crippen LogP contribution is -2.61. The lowest BCUT2D eigenvalue weighted by Gasteiger charge is -2.30. The molecule has 3 rings (SSSR count). The van der Waals surface area contributed by atoms with E-state index in [1.165, 1.54) is 0 Å². The van der Waals surface area contributed by atoms with Crippen molar-refractivity contribution in [2.45, 2.75) is 50.1 Å². The number of carbonyl (C=O) groups is 5. The van der Waals surface area contributed by atoms with E-state index in [-0.39, 0.29) is 18.9 Å². The molecule has 0 bridgehead atoms. The number of halogens is 6. The standard InChI is InChI=1S/C26H23F6N3O7/c27-12-4-3-5-13(28)21(12)34-23(39)24(40)35-26(8-1-2-9-26)25(41)33-16(6-7-18(37)38)17(36)11-42-22-19(31)14(29)10-15(30)20(22)32/h3-5,10,16H,1-2,6-9,11H2,(H,33,41)(H,34,39)(H,35,40)(H,37,38). The van der Waals surface area contributed by atoms with Gasteiger partial charge in [0.15, 0.2) is 23.2 Å². The minimum atomic E-state index is -1.94. The van der Waals surface area contributed by atoms with Crippen LogP contribution in [0.5, 0.6) is 5.75 Å². The summed E-state index contributed by atoms with van der Waals surface area (Å²) in [5.74, 6) is -18.0. The Morgan fingerprint density at radius 2 is 1.45 bits per heavy atom. The van der Waals surface area contributed by atoms with Gasteiger partial charge in [0.1, 0.15) is 29.5 Å². The molecule has 1 fully saturated rings. The number of Topliss-reactive ketones (excluding diaryl/α,β-unsaturated/α-hetero) is 1. The number of nitrogens with one attached hydrogen (secondary N) is 3. The summed E-state index contributed by atoms with van der Waals surface area (Å²) in [4.78, 5) is 62.1. The fourth-order valence-corrected chi connectivity index (χ4v) is 4.25. The van der Waals surface area contributed by atoms with Crippen LogP contribution in [-0.2, 0) is 24.0 Å². The highest BCUT2D eigenvalue weighted by atomic mass is 19.2. The number of carboxylic acids is 1. The maximum atomic E-state index is 13.9. The number of carbonyl (C=O) groups excluding carboxylic acids is 4. The molecule has 3 amide bonds. The largest absolute Gasteiger partial charge is 0.481 e. The third-order valence-corrected chi connectivity index (χ3v) is 6.42. The van der Waals surface area contributed by atoms with Gasteiger partial charge in [-0.15, -0.1) is 0 Å². The average molecular weight is 603 g/mol. The SMILES string of the molecule is O=C(O)CCC(NC(=O)C1(NC(=O)C(=O)Nc2c(F)cccc2F)CCCC1)C(=O)COc1c(F)c(F)cc(F)c1F. The van der Waals surface area contributed by atoms with Crippen LogP contribution in [0.2, 0.25) is 0 Å². The molecule has 0 saturated heterocycles. The van der Waals surface area contributed by atoms with Crippen LogP contribution in [0, 0.1) is 34.9 Å². The van der Waals surface area contributed by atoms with E-state index in [0.717, 1.165) is 18.2 Å². The molecule has 2 aromatic rings. The van der Waals surface area contributed by atoms with Crippen molar-refractivity contribution in [1.82, 2.24) is 10.6 Å². The van der Waals surface area contributed by atoms with E-state index in [0.29, 0.717) is 12.8 Å². The van der Waals surface area contributed by atoms with E-state index in [9.17, 15) is 50.3 Å². The van der Waals surface area contributed by atoms with Crippen LogP contribution in [0.25, 0.3) is 0 Å². The first kappa shape index (κ1) is 31.9. The van der Waals surface area contributed by atoms with Gasteiger partial charge in [0.25, 0.3) is 0 Å². The normalized spacial score (nSPS) is 14.5. The van der Waals surface area contributed by atoms with E-state index in [1.54, 1.807) is 5.32 Å². The number of benzene rings is 2. The van der Waals surface area contributed by atoms with Gasteiger partial charge in [0, 0.05) is 12.5 Å². The Morgan fingerprint density at radius 3 is 2.00 bits per heavy atom. The first-order chi connectivity index (χ1) is 19.8. The van der Waals surface area contributed by atoms with Gasteiger partial charge in [-0.05, 0) is 31.4 Å². The van der Waals surface area contributed by atoms with Gasteiger partial charge in [-0.1, -0.05) is 18.9 Å². The topological polar surface area (TPSA) is 151 Å². The molecule has 10 nitrogen and oxygen atoms in total. The molecule has 0 spiro atoms. The lowest BCUT2D eigenvalue weighted by atomic mass is 9.94. The summed E-state index contributed by atoms with van der Waals surface area (Å²) in [6.45, 7) is -1.25. The third kappa shape index (κ3) is 7.36. The number of hydrogen-bond donors (Lipinski definition) is 4. The highest BCUT2D eigenvalue weighted by molar-refractivity contribution is 6.40. The maximum absolute atomic E-state index is 13.9. The first-order valence-corrected chi connectivity index (χ1v) is 12.3. The van der Waals surface area contributed by atoms with Crippen molar-refractivity contribution in [2.75, 3.05) is 11.9 Å². The predicted octanol–water partition coefficient (Wildman–Crippen LogP) is 2.89. The van der Waals surface area contributed by atoms with Crippen molar-refractivity contribution in [3.63, 3.8) is 0 Å². The molecule has 0 aromatic heterocycles. The molecular formula is C26H23F6N3O7. The molecule has 16 heteroatoms. The smallest absolute Gasteiger partial charge is 0.313 e. The quantitative estimate of drug-likeness (QED) is 0.175. The zero-order valence-corrected chi connectivity index (χ0v) is 21.5. The number of amides is 3. The molecular weight excluding hydrogens is 580 g/mol. The van der Waals surface area contributed by atoms with Crippen molar-refractivity contribution in [2.24, 2.45) is 0 Å². The molecule has 1 saturated carbocycles. The number of aliphatic carboxylic acids is 1. The van der Waals surface area contributed by atoms with Crippen molar-refractivity contribution in [1.29, 1.82) is 0 Å². The number of anilines is 1. The predicted molar refractivity (Wildman–Crippen MR) is 130 cm³/mol. The summed E-state index contributed by atoms with van der Waals surface area (Å²) in [5.41, 5.74) is -2.72. The molecule has 4 N–H and O–H groups in total. The number of hydrogen-bond acceptors (Lipinski definition) is 6. The number of ether oxygens (including phenoxy) is 1. The summed E-state index contributed by atoms with van der Waals surface area (Å²) in [6, 6.07) is 0.906.